The van der Waals surface area contributed by atoms with Crippen LogP contribution in [-0.2, 0) is 16.1 Å². The zero-order valence-corrected chi connectivity index (χ0v) is 13.5. The van der Waals surface area contributed by atoms with Gasteiger partial charge in [0.25, 0.3) is 0 Å². The number of aromatic nitrogens is 1. The number of hydrogen-bond acceptors (Lipinski definition) is 2. The van der Waals surface area contributed by atoms with Crippen LogP contribution in [0.4, 0.5) is 0 Å². The van der Waals surface area contributed by atoms with Gasteiger partial charge >= 0.3 is 5.97 Å². The van der Waals surface area contributed by atoms with Crippen LogP contribution >= 0.6 is 0 Å². The lowest BCUT2D eigenvalue weighted by Crippen LogP contribution is -3.00. The number of nitrogens with zero attached hydrogens (tertiary/aromatic N) is 1. The number of carbonyl (C=O) groups is 1. The fourth-order valence-electron chi connectivity index (χ4n) is 2.25. The summed E-state index contributed by atoms with van der Waals surface area (Å²) in [6, 6.07) is 10.5. The molecule has 0 saturated carbocycles. The lowest BCUT2D eigenvalue weighted by atomic mass is 10.1. The van der Waals surface area contributed by atoms with Gasteiger partial charge in [0, 0.05) is 23.9 Å². The largest absolute Gasteiger partial charge is 1.00 e. The van der Waals surface area contributed by atoms with Crippen LogP contribution in [0, 0.1) is 6.92 Å². The molecule has 0 saturated heterocycles. The standard InChI is InChI=1S/C16H20NO2.BrH/c1-3-19-16(18)9-6-11-17-12-10-13(2)14-7-4-5-8-15(14)17;/h4-5,7-8,10,12H,3,6,9,11H2,1-2H3;1H/q+1;/p-1. The van der Waals surface area contributed by atoms with Gasteiger partial charge in [-0.25, -0.2) is 0 Å². The Hall–Kier alpha value is -1.42. The van der Waals surface area contributed by atoms with Gasteiger partial charge in [-0.2, -0.15) is 4.57 Å². The molecular formula is C16H20BrNO2. The fourth-order valence-corrected chi connectivity index (χ4v) is 2.25. The maximum atomic E-state index is 11.3. The van der Waals surface area contributed by atoms with Gasteiger partial charge in [0.2, 0.25) is 5.52 Å². The van der Waals surface area contributed by atoms with Crippen molar-refractivity contribution in [3.05, 3.63) is 42.1 Å². The molecule has 0 aliphatic heterocycles. The molecule has 2 aromatic rings. The Kier molecular flexibility index (Phi) is 6.65. The maximum absolute atomic E-state index is 11.3. The highest BCUT2D eigenvalue weighted by molar-refractivity contribution is 5.78. The summed E-state index contributed by atoms with van der Waals surface area (Å²) in [4.78, 5) is 11.3. The molecule has 0 aliphatic carbocycles. The van der Waals surface area contributed by atoms with Crippen LogP contribution < -0.4 is 21.5 Å². The monoisotopic (exact) mass is 337 g/mol. The van der Waals surface area contributed by atoms with Crippen LogP contribution in [0.3, 0.4) is 0 Å². The van der Waals surface area contributed by atoms with Crippen molar-refractivity contribution >= 4 is 16.9 Å². The summed E-state index contributed by atoms with van der Waals surface area (Å²) in [5.41, 5.74) is 2.49. The normalized spacial score (nSPS) is 10.1. The van der Waals surface area contributed by atoms with Crippen LogP contribution in [0.2, 0.25) is 0 Å². The number of pyridine rings is 1. The molecule has 0 spiro atoms. The fraction of sp³-hybridized carbons (Fsp3) is 0.375. The van der Waals surface area contributed by atoms with Crippen LogP contribution in [-0.4, -0.2) is 12.6 Å². The van der Waals surface area contributed by atoms with Crippen LogP contribution in [0.15, 0.2) is 36.5 Å². The predicted molar refractivity (Wildman–Crippen MR) is 74.7 cm³/mol. The van der Waals surface area contributed by atoms with Crippen molar-refractivity contribution in [2.75, 3.05) is 6.61 Å². The highest BCUT2D eigenvalue weighted by Crippen LogP contribution is 2.13. The second kappa shape index (κ2) is 8.00. The maximum Gasteiger partial charge on any atom is 0.306 e. The molecule has 0 N–H and O–H groups in total. The zero-order chi connectivity index (χ0) is 13.7. The van der Waals surface area contributed by atoms with Crippen molar-refractivity contribution in [1.29, 1.82) is 0 Å². The van der Waals surface area contributed by atoms with Crippen molar-refractivity contribution in [3.8, 4) is 0 Å². The first kappa shape index (κ1) is 16.6. The topological polar surface area (TPSA) is 30.2 Å². The van der Waals surface area contributed by atoms with E-state index >= 15 is 0 Å². The van der Waals surface area contributed by atoms with Gasteiger partial charge in [-0.05, 0) is 25.5 Å². The number of benzene rings is 1. The van der Waals surface area contributed by atoms with E-state index in [0.29, 0.717) is 13.0 Å². The molecule has 2 rings (SSSR count). The highest BCUT2D eigenvalue weighted by atomic mass is 79.9. The summed E-state index contributed by atoms with van der Waals surface area (Å²) in [6.07, 6.45) is 3.36. The van der Waals surface area contributed by atoms with E-state index in [1.165, 1.54) is 16.5 Å². The Labute approximate surface area is 130 Å². The third-order valence-electron chi connectivity index (χ3n) is 3.23. The third-order valence-corrected chi connectivity index (χ3v) is 3.23. The zero-order valence-electron chi connectivity index (χ0n) is 11.9. The Morgan fingerprint density at radius 1 is 1.25 bits per heavy atom. The van der Waals surface area contributed by atoms with Gasteiger partial charge < -0.3 is 21.7 Å². The lowest BCUT2D eigenvalue weighted by Gasteiger charge is -2.04. The quantitative estimate of drug-likeness (QED) is 0.558. The minimum Gasteiger partial charge on any atom is -1.00 e. The van der Waals surface area contributed by atoms with E-state index in [4.69, 9.17) is 4.74 Å². The summed E-state index contributed by atoms with van der Waals surface area (Å²) in [7, 11) is 0. The van der Waals surface area contributed by atoms with Crippen LogP contribution in [0.5, 0.6) is 0 Å². The molecule has 1 aromatic carbocycles. The smallest absolute Gasteiger partial charge is 0.306 e. The Morgan fingerprint density at radius 3 is 2.75 bits per heavy atom. The molecule has 108 valence electrons. The number of para-hydroxylation sites is 1. The molecule has 0 radical (unpaired) electrons. The summed E-state index contributed by atoms with van der Waals surface area (Å²) >= 11 is 0. The molecule has 0 unspecified atom stereocenters. The van der Waals surface area contributed by atoms with Crippen molar-refractivity contribution in [1.82, 2.24) is 0 Å². The number of carbonyl (C=O) groups excluding carboxylic acids is 1. The molecule has 0 amide bonds. The highest BCUT2D eigenvalue weighted by Gasteiger charge is 2.11. The van der Waals surface area contributed by atoms with Crippen molar-refractivity contribution < 1.29 is 31.1 Å². The number of esters is 1. The number of rotatable bonds is 5. The molecule has 0 atom stereocenters. The van der Waals surface area contributed by atoms with Crippen LogP contribution in [0.1, 0.15) is 25.3 Å². The average molecular weight is 338 g/mol. The minimum atomic E-state index is -0.112. The van der Waals surface area contributed by atoms with Gasteiger partial charge in [0.15, 0.2) is 6.20 Å². The van der Waals surface area contributed by atoms with Gasteiger partial charge in [-0.15, -0.1) is 0 Å². The van der Waals surface area contributed by atoms with E-state index in [0.717, 1.165) is 13.0 Å². The minimum absolute atomic E-state index is 0. The van der Waals surface area contributed by atoms with Gasteiger partial charge in [-0.3, -0.25) is 4.79 Å². The molecule has 4 heteroatoms. The molecule has 1 aromatic heterocycles. The number of aryl methyl sites for hydroxylation is 2. The molecule has 3 nitrogen and oxygen atoms in total. The van der Waals surface area contributed by atoms with Crippen molar-refractivity contribution in [2.24, 2.45) is 0 Å². The lowest BCUT2D eigenvalue weighted by molar-refractivity contribution is -0.671. The summed E-state index contributed by atoms with van der Waals surface area (Å²) < 4.78 is 7.13. The second-order valence-corrected chi connectivity index (χ2v) is 4.62. The van der Waals surface area contributed by atoms with E-state index < -0.39 is 0 Å². The summed E-state index contributed by atoms with van der Waals surface area (Å²) in [5, 5.41) is 1.26. The SMILES string of the molecule is CCOC(=O)CCC[n+]1ccc(C)c2ccccc21.[Br-]. The third kappa shape index (κ3) is 4.04. The van der Waals surface area contributed by atoms with E-state index in [-0.39, 0.29) is 23.0 Å². The Bertz CT molecular complexity index is 584. The summed E-state index contributed by atoms with van der Waals surface area (Å²) in [6.45, 7) is 5.24. The van der Waals surface area contributed by atoms with Gasteiger partial charge in [0.05, 0.1) is 13.0 Å². The van der Waals surface area contributed by atoms with E-state index in [9.17, 15) is 4.79 Å². The van der Waals surface area contributed by atoms with Gasteiger partial charge in [0.1, 0.15) is 6.54 Å². The molecule has 1 heterocycles. The predicted octanol–water partition coefficient (Wildman–Crippen LogP) is -0.217. The van der Waals surface area contributed by atoms with Crippen molar-refractivity contribution in [2.45, 2.75) is 33.2 Å². The second-order valence-electron chi connectivity index (χ2n) is 4.62. The Morgan fingerprint density at radius 2 is 2.00 bits per heavy atom. The number of halogens is 1. The van der Waals surface area contributed by atoms with Crippen LogP contribution in [0.25, 0.3) is 10.9 Å². The first-order chi connectivity index (χ1) is 9.22. The molecule has 0 fully saturated rings. The molecule has 0 bridgehead atoms. The van der Waals surface area contributed by atoms with Crippen molar-refractivity contribution in [3.63, 3.8) is 0 Å². The molecule has 20 heavy (non-hydrogen) atoms. The van der Waals surface area contributed by atoms with Gasteiger partial charge in [-0.1, -0.05) is 12.1 Å². The van der Waals surface area contributed by atoms with E-state index in [1.807, 2.05) is 13.0 Å². The Balaban J connectivity index is 0.00000200. The number of hydrogen-bond donors (Lipinski definition) is 0. The van der Waals surface area contributed by atoms with E-state index in [2.05, 4.69) is 42.0 Å². The first-order valence-corrected chi connectivity index (χ1v) is 6.75. The first-order valence-electron chi connectivity index (χ1n) is 6.75. The summed E-state index contributed by atoms with van der Waals surface area (Å²) in [5.74, 6) is -0.112. The molecule has 0 aliphatic rings. The average Bonchev–Trinajstić information content (AvgIpc) is 2.42. The number of ether oxygens (including phenoxy) is 1. The number of fused-ring (bicyclic) bond motifs is 1. The molecular weight excluding hydrogens is 318 g/mol. The van der Waals surface area contributed by atoms with E-state index in [1.54, 1.807) is 0 Å².